The molecule has 0 aliphatic carbocycles. The molecule has 0 amide bonds. The Hall–Kier alpha value is -1.73. The predicted octanol–water partition coefficient (Wildman–Crippen LogP) is 3.88. The molecule has 0 spiro atoms. The van der Waals surface area contributed by atoms with E-state index in [1.807, 2.05) is 0 Å². The number of allylic oxidation sites excluding steroid dienone is 1. The van der Waals surface area contributed by atoms with Crippen LogP contribution in [-0.4, -0.2) is 31.0 Å². The van der Waals surface area contributed by atoms with Gasteiger partial charge in [0.15, 0.2) is 5.78 Å². The zero-order valence-corrected chi connectivity index (χ0v) is 13.0. The maximum atomic E-state index is 13.4. The highest BCUT2D eigenvalue weighted by Gasteiger charge is 2.54. The molecule has 1 saturated heterocycles. The number of hydrogen-bond donors (Lipinski definition) is 0. The molecule has 3 aliphatic rings. The third-order valence-electron chi connectivity index (χ3n) is 4.41. The van der Waals surface area contributed by atoms with E-state index in [4.69, 9.17) is 25.8 Å². The number of alkyl halides is 3. The summed E-state index contributed by atoms with van der Waals surface area (Å²) >= 11 is 5.86. The average Bonchev–Trinajstić information content (AvgIpc) is 2.54. The van der Waals surface area contributed by atoms with Crippen molar-refractivity contribution in [1.82, 2.24) is 0 Å². The van der Waals surface area contributed by atoms with Crippen molar-refractivity contribution in [3.63, 3.8) is 0 Å². The van der Waals surface area contributed by atoms with Crippen LogP contribution in [0, 0.1) is 5.92 Å². The predicted molar refractivity (Wildman–Crippen MR) is 76.8 cm³/mol. The highest BCUT2D eigenvalue weighted by Crippen LogP contribution is 2.47. The van der Waals surface area contributed by atoms with Gasteiger partial charge in [0.2, 0.25) is 12.0 Å². The second-order valence-electron chi connectivity index (χ2n) is 5.91. The Bertz CT molecular complexity index is 743. The Morgan fingerprint density at radius 2 is 2.00 bits per heavy atom. The summed E-state index contributed by atoms with van der Waals surface area (Å²) in [6.45, 7) is 0.314. The Balaban J connectivity index is 1.89. The zero-order valence-electron chi connectivity index (χ0n) is 12.2. The summed E-state index contributed by atoms with van der Waals surface area (Å²) in [4.78, 5) is 12.7. The van der Waals surface area contributed by atoms with E-state index >= 15 is 0 Å². The van der Waals surface area contributed by atoms with E-state index < -0.39 is 41.6 Å². The van der Waals surface area contributed by atoms with Gasteiger partial charge in [-0.05, 0) is 31.0 Å². The minimum absolute atomic E-state index is 0.00859. The lowest BCUT2D eigenvalue weighted by Gasteiger charge is -2.44. The van der Waals surface area contributed by atoms with Gasteiger partial charge in [-0.25, -0.2) is 0 Å². The van der Waals surface area contributed by atoms with Gasteiger partial charge in [0, 0.05) is 5.02 Å². The molecule has 0 aromatic heterocycles. The van der Waals surface area contributed by atoms with Gasteiger partial charge in [-0.1, -0.05) is 11.6 Å². The quantitative estimate of drug-likeness (QED) is 0.704. The SMILES string of the molecule is O=C1C2=C(C(F)(F)F)OC3OCCCC3C2Oc2ccc(Cl)cc21. The van der Waals surface area contributed by atoms with E-state index in [-0.39, 0.29) is 16.3 Å². The molecule has 1 aromatic carbocycles. The van der Waals surface area contributed by atoms with Crippen LogP contribution in [0.4, 0.5) is 13.2 Å². The van der Waals surface area contributed by atoms with Gasteiger partial charge in [0.05, 0.1) is 23.7 Å². The van der Waals surface area contributed by atoms with Gasteiger partial charge in [-0.2, -0.15) is 13.2 Å². The Morgan fingerprint density at radius 1 is 1.21 bits per heavy atom. The van der Waals surface area contributed by atoms with Gasteiger partial charge in [-0.15, -0.1) is 0 Å². The number of ether oxygens (including phenoxy) is 3. The molecule has 1 fully saturated rings. The number of Topliss-reactive ketones (excluding diaryl/α,β-unsaturated/α-hetero) is 1. The fraction of sp³-hybridized carbons (Fsp3) is 0.438. The largest absolute Gasteiger partial charge is 0.484 e. The van der Waals surface area contributed by atoms with Crippen molar-refractivity contribution in [2.45, 2.75) is 31.4 Å². The summed E-state index contributed by atoms with van der Waals surface area (Å²) < 4.78 is 56.4. The maximum absolute atomic E-state index is 13.4. The van der Waals surface area contributed by atoms with Crippen LogP contribution in [0.1, 0.15) is 23.2 Å². The molecule has 128 valence electrons. The molecular weight excluding hydrogens is 349 g/mol. The molecule has 24 heavy (non-hydrogen) atoms. The lowest BCUT2D eigenvalue weighted by molar-refractivity contribution is -0.236. The van der Waals surface area contributed by atoms with Crippen molar-refractivity contribution in [3.8, 4) is 5.75 Å². The molecule has 0 radical (unpaired) electrons. The minimum Gasteiger partial charge on any atom is -0.484 e. The second kappa shape index (κ2) is 5.39. The fourth-order valence-corrected chi connectivity index (χ4v) is 3.55. The summed E-state index contributed by atoms with van der Waals surface area (Å²) in [6, 6.07) is 4.33. The molecule has 1 aromatic rings. The number of halogens is 4. The highest BCUT2D eigenvalue weighted by molar-refractivity contribution is 6.31. The van der Waals surface area contributed by atoms with Crippen molar-refractivity contribution in [2.24, 2.45) is 5.92 Å². The van der Waals surface area contributed by atoms with Crippen molar-refractivity contribution in [2.75, 3.05) is 6.61 Å². The smallest absolute Gasteiger partial charge is 0.449 e. The number of fused-ring (bicyclic) bond motifs is 4. The van der Waals surface area contributed by atoms with E-state index in [0.29, 0.717) is 19.4 Å². The third-order valence-corrected chi connectivity index (χ3v) is 4.64. The zero-order chi connectivity index (χ0) is 17.1. The summed E-state index contributed by atoms with van der Waals surface area (Å²) in [5.41, 5.74) is -0.488. The first-order valence-electron chi connectivity index (χ1n) is 7.47. The van der Waals surface area contributed by atoms with Crippen molar-refractivity contribution < 1.29 is 32.2 Å². The van der Waals surface area contributed by atoms with Crippen LogP contribution in [0.15, 0.2) is 29.5 Å². The lowest BCUT2D eigenvalue weighted by atomic mass is 9.81. The Kier molecular flexibility index (Phi) is 3.54. The second-order valence-corrected chi connectivity index (χ2v) is 6.35. The van der Waals surface area contributed by atoms with Crippen LogP contribution in [0.25, 0.3) is 0 Å². The molecule has 4 rings (SSSR count). The number of carbonyl (C=O) groups excluding carboxylic acids is 1. The first-order valence-corrected chi connectivity index (χ1v) is 7.84. The van der Waals surface area contributed by atoms with Gasteiger partial charge < -0.3 is 14.2 Å². The van der Waals surface area contributed by atoms with Gasteiger partial charge in [0.1, 0.15) is 11.9 Å². The fourth-order valence-electron chi connectivity index (χ4n) is 3.38. The molecule has 0 saturated carbocycles. The molecule has 3 unspecified atom stereocenters. The number of benzene rings is 1. The van der Waals surface area contributed by atoms with Crippen molar-refractivity contribution in [1.29, 1.82) is 0 Å². The monoisotopic (exact) mass is 360 g/mol. The van der Waals surface area contributed by atoms with Crippen LogP contribution in [-0.2, 0) is 9.47 Å². The van der Waals surface area contributed by atoms with E-state index in [2.05, 4.69) is 0 Å². The van der Waals surface area contributed by atoms with Crippen LogP contribution in [0.5, 0.6) is 5.75 Å². The van der Waals surface area contributed by atoms with Gasteiger partial charge in [0.25, 0.3) is 0 Å². The Morgan fingerprint density at radius 3 is 2.75 bits per heavy atom. The summed E-state index contributed by atoms with van der Waals surface area (Å²) in [5, 5.41) is 0.244. The maximum Gasteiger partial charge on any atom is 0.449 e. The first-order chi connectivity index (χ1) is 11.4. The lowest BCUT2D eigenvalue weighted by Crippen LogP contribution is -2.51. The van der Waals surface area contributed by atoms with Crippen LogP contribution < -0.4 is 4.74 Å². The molecule has 4 nitrogen and oxygen atoms in total. The van der Waals surface area contributed by atoms with Crippen LogP contribution in [0.3, 0.4) is 0 Å². The number of carbonyl (C=O) groups is 1. The number of ketones is 1. The average molecular weight is 361 g/mol. The molecule has 0 N–H and O–H groups in total. The Labute approximate surface area is 140 Å². The van der Waals surface area contributed by atoms with Crippen LogP contribution >= 0.6 is 11.6 Å². The molecule has 3 atom stereocenters. The third kappa shape index (κ3) is 2.38. The standard InChI is InChI=1S/C16H12ClF3O4/c17-7-3-4-10-9(6-7)12(21)11-13(23-10)8-2-1-5-22-15(8)24-14(11)16(18,19)20/h3-4,6,8,13,15H,1-2,5H2. The molecule has 0 bridgehead atoms. The molecular formula is C16H12ClF3O4. The van der Waals surface area contributed by atoms with E-state index in [1.54, 1.807) is 0 Å². The van der Waals surface area contributed by atoms with Gasteiger partial charge in [-0.3, -0.25) is 4.79 Å². The molecule has 3 heterocycles. The van der Waals surface area contributed by atoms with E-state index in [9.17, 15) is 18.0 Å². The number of rotatable bonds is 0. The minimum atomic E-state index is -4.81. The van der Waals surface area contributed by atoms with Crippen molar-refractivity contribution in [3.05, 3.63) is 40.1 Å². The summed E-state index contributed by atoms with van der Waals surface area (Å²) in [5.74, 6) is -2.33. The van der Waals surface area contributed by atoms with Crippen LogP contribution in [0.2, 0.25) is 5.02 Å². The van der Waals surface area contributed by atoms with Crippen molar-refractivity contribution >= 4 is 17.4 Å². The highest BCUT2D eigenvalue weighted by atomic mass is 35.5. The number of hydrogen-bond acceptors (Lipinski definition) is 4. The summed E-state index contributed by atoms with van der Waals surface area (Å²) in [7, 11) is 0. The normalized spacial score (nSPS) is 29.2. The molecule has 8 heteroatoms. The molecule has 3 aliphatic heterocycles. The summed E-state index contributed by atoms with van der Waals surface area (Å²) in [6.07, 6.45) is -5.69. The van der Waals surface area contributed by atoms with Gasteiger partial charge >= 0.3 is 6.18 Å². The van der Waals surface area contributed by atoms with E-state index in [0.717, 1.165) is 0 Å². The topological polar surface area (TPSA) is 44.8 Å². The first kappa shape index (κ1) is 15.8. The van der Waals surface area contributed by atoms with E-state index in [1.165, 1.54) is 18.2 Å².